The molecule has 3 rings (SSSR count). The van der Waals surface area contributed by atoms with Gasteiger partial charge in [0, 0.05) is 19.0 Å². The number of aromatic hydroxyl groups is 1. The Hall–Kier alpha value is -1.91. The van der Waals surface area contributed by atoms with Crippen molar-refractivity contribution in [2.24, 2.45) is 15.2 Å². The third-order valence-electron chi connectivity index (χ3n) is 2.63. The van der Waals surface area contributed by atoms with E-state index in [1.165, 1.54) is 7.11 Å². The van der Waals surface area contributed by atoms with Gasteiger partial charge in [-0.1, -0.05) is 0 Å². The second kappa shape index (κ2) is 2.79. The number of phenols is 1. The van der Waals surface area contributed by atoms with Crippen LogP contribution in [-0.2, 0) is 0 Å². The van der Waals surface area contributed by atoms with Gasteiger partial charge < -0.3 is 9.84 Å². The molecule has 76 valence electrons. The van der Waals surface area contributed by atoms with Crippen LogP contribution in [0.4, 0.5) is 5.69 Å². The number of azo groups is 1. The Labute approximate surface area is 85.4 Å². The molecule has 0 saturated heterocycles. The number of hydrogen-bond donors (Lipinski definition) is 1. The van der Waals surface area contributed by atoms with Gasteiger partial charge >= 0.3 is 0 Å². The van der Waals surface area contributed by atoms with Gasteiger partial charge in [-0.15, -0.1) is 5.11 Å². The van der Waals surface area contributed by atoms with Crippen LogP contribution in [0, 0.1) is 0 Å². The molecule has 0 saturated carbocycles. The topological polar surface area (TPSA) is 66.5 Å². The average molecular weight is 203 g/mol. The van der Waals surface area contributed by atoms with Gasteiger partial charge in [-0.25, -0.2) is 0 Å². The van der Waals surface area contributed by atoms with E-state index in [0.29, 0.717) is 18.0 Å². The van der Waals surface area contributed by atoms with Crippen LogP contribution in [0.1, 0.15) is 6.42 Å². The van der Waals surface area contributed by atoms with Gasteiger partial charge in [0.1, 0.15) is 5.69 Å². The summed E-state index contributed by atoms with van der Waals surface area (Å²) in [4.78, 5) is 4.36. The quantitative estimate of drug-likeness (QED) is 0.727. The van der Waals surface area contributed by atoms with Crippen molar-refractivity contribution in [3.8, 4) is 11.5 Å². The van der Waals surface area contributed by atoms with Crippen molar-refractivity contribution in [1.29, 1.82) is 0 Å². The van der Waals surface area contributed by atoms with Crippen molar-refractivity contribution in [3.05, 3.63) is 16.6 Å². The van der Waals surface area contributed by atoms with Crippen molar-refractivity contribution < 1.29 is 9.84 Å². The van der Waals surface area contributed by atoms with Crippen LogP contribution >= 0.6 is 0 Å². The lowest BCUT2D eigenvalue weighted by atomic mass is 10.1. The Morgan fingerprint density at radius 1 is 1.40 bits per heavy atom. The van der Waals surface area contributed by atoms with E-state index < -0.39 is 0 Å². The van der Waals surface area contributed by atoms with Crippen molar-refractivity contribution >= 4 is 11.4 Å². The Morgan fingerprint density at radius 2 is 2.27 bits per heavy atom. The molecular weight excluding hydrogens is 194 g/mol. The Morgan fingerprint density at radius 3 is 3.07 bits per heavy atom. The predicted octanol–water partition coefficient (Wildman–Crippen LogP) is 0.630. The van der Waals surface area contributed by atoms with Gasteiger partial charge in [0.25, 0.3) is 0 Å². The van der Waals surface area contributed by atoms with Crippen molar-refractivity contribution in [3.63, 3.8) is 0 Å². The molecule has 0 unspecified atom stereocenters. The molecule has 1 aromatic carbocycles. The lowest BCUT2D eigenvalue weighted by Gasteiger charge is -2.06. The Kier molecular flexibility index (Phi) is 1.56. The second-order valence-electron chi connectivity index (χ2n) is 3.45. The van der Waals surface area contributed by atoms with Crippen LogP contribution in [0.15, 0.2) is 21.3 Å². The summed E-state index contributed by atoms with van der Waals surface area (Å²) in [7, 11) is 1.51. The van der Waals surface area contributed by atoms with Gasteiger partial charge in [0.15, 0.2) is 11.5 Å². The van der Waals surface area contributed by atoms with E-state index in [9.17, 15) is 5.11 Å². The van der Waals surface area contributed by atoms with E-state index in [-0.39, 0.29) is 5.75 Å². The molecule has 0 amide bonds. The van der Waals surface area contributed by atoms with Crippen molar-refractivity contribution in [2.75, 3.05) is 13.7 Å². The first-order valence-corrected chi connectivity index (χ1v) is 4.70. The summed E-state index contributed by atoms with van der Waals surface area (Å²) in [6.45, 7) is 0.717. The third-order valence-corrected chi connectivity index (χ3v) is 2.63. The van der Waals surface area contributed by atoms with Gasteiger partial charge in [-0.2, -0.15) is 5.11 Å². The zero-order chi connectivity index (χ0) is 10.4. The first kappa shape index (κ1) is 8.40. The largest absolute Gasteiger partial charge is 0.503 e. The first-order chi connectivity index (χ1) is 7.31. The number of rotatable bonds is 1. The molecule has 0 radical (unpaired) electrons. The lowest BCUT2D eigenvalue weighted by Crippen LogP contribution is -2.29. The Balaban J connectivity index is 2.50. The summed E-state index contributed by atoms with van der Waals surface area (Å²) in [5, 5.41) is 19.5. The fourth-order valence-corrected chi connectivity index (χ4v) is 1.90. The number of benzene rings is 1. The highest BCUT2D eigenvalue weighted by Gasteiger charge is 2.20. The van der Waals surface area contributed by atoms with Gasteiger partial charge in [0.2, 0.25) is 0 Å². The maximum atomic E-state index is 9.84. The zero-order valence-electron chi connectivity index (χ0n) is 8.19. The van der Waals surface area contributed by atoms with Crippen LogP contribution in [0.5, 0.6) is 11.5 Å². The zero-order valence-corrected chi connectivity index (χ0v) is 8.19. The maximum absolute atomic E-state index is 9.84. The summed E-state index contributed by atoms with van der Waals surface area (Å²) >= 11 is 0. The van der Waals surface area contributed by atoms with E-state index in [0.717, 1.165) is 22.7 Å². The van der Waals surface area contributed by atoms with Crippen LogP contribution < -0.4 is 15.3 Å². The molecule has 5 heteroatoms. The predicted molar refractivity (Wildman–Crippen MR) is 52.8 cm³/mol. The van der Waals surface area contributed by atoms with Crippen LogP contribution in [-0.4, -0.2) is 18.8 Å². The summed E-state index contributed by atoms with van der Waals surface area (Å²) in [5.74, 6) is 0.446. The minimum Gasteiger partial charge on any atom is -0.503 e. The molecule has 0 spiro atoms. The summed E-state index contributed by atoms with van der Waals surface area (Å²) in [6.07, 6.45) is 0.787. The average Bonchev–Trinajstić information content (AvgIpc) is 2.69. The van der Waals surface area contributed by atoms with Crippen molar-refractivity contribution in [1.82, 2.24) is 0 Å². The summed E-state index contributed by atoms with van der Waals surface area (Å²) < 4.78 is 5.05. The molecule has 5 nitrogen and oxygen atoms in total. The number of phenolic OH excluding ortho intramolecular Hbond substituents is 1. The van der Waals surface area contributed by atoms with Crippen LogP contribution in [0.2, 0.25) is 0 Å². The molecule has 2 heterocycles. The monoisotopic (exact) mass is 203 g/mol. The molecule has 0 bridgehead atoms. The second-order valence-corrected chi connectivity index (χ2v) is 3.45. The normalized spacial score (nSPS) is 16.2. The molecule has 2 aliphatic rings. The van der Waals surface area contributed by atoms with Crippen LogP contribution in [0.25, 0.3) is 5.70 Å². The van der Waals surface area contributed by atoms with E-state index in [1.54, 1.807) is 6.07 Å². The highest BCUT2D eigenvalue weighted by molar-refractivity contribution is 5.67. The molecule has 0 fully saturated rings. The molecule has 0 atom stereocenters. The smallest absolute Gasteiger partial charge is 0.186 e. The molecule has 1 aromatic rings. The van der Waals surface area contributed by atoms with Crippen LogP contribution in [0.3, 0.4) is 0 Å². The third kappa shape index (κ3) is 1.000. The minimum absolute atomic E-state index is 0.0482. The molecule has 0 aromatic heterocycles. The Bertz CT molecular complexity index is 590. The molecule has 1 N–H and O–H groups in total. The van der Waals surface area contributed by atoms with E-state index in [2.05, 4.69) is 15.2 Å². The van der Waals surface area contributed by atoms with Crippen molar-refractivity contribution in [2.45, 2.75) is 6.42 Å². The van der Waals surface area contributed by atoms with E-state index >= 15 is 0 Å². The minimum atomic E-state index is 0.0482. The summed E-state index contributed by atoms with van der Waals surface area (Å²) in [6, 6.07) is 1.73. The van der Waals surface area contributed by atoms with E-state index in [4.69, 9.17) is 4.74 Å². The number of nitrogens with zero attached hydrogens (tertiary/aromatic N) is 3. The maximum Gasteiger partial charge on any atom is 0.186 e. The summed E-state index contributed by atoms with van der Waals surface area (Å²) in [5.41, 5.74) is 1.40. The number of methoxy groups -OCH3 is 1. The van der Waals surface area contributed by atoms with Gasteiger partial charge in [-0.3, -0.25) is 4.99 Å². The molecule has 2 aliphatic heterocycles. The van der Waals surface area contributed by atoms with Gasteiger partial charge in [0.05, 0.1) is 23.4 Å². The first-order valence-electron chi connectivity index (χ1n) is 4.70. The van der Waals surface area contributed by atoms with E-state index in [1.807, 2.05) is 0 Å². The fraction of sp³-hybridized carbons (Fsp3) is 0.300. The van der Waals surface area contributed by atoms with Gasteiger partial charge in [-0.05, 0) is 0 Å². The molecule has 15 heavy (non-hydrogen) atoms. The highest BCUT2D eigenvalue weighted by Crippen LogP contribution is 2.35. The molecular formula is C10H9N3O2. The highest BCUT2D eigenvalue weighted by atomic mass is 16.5. The SMILES string of the molecule is COc1cc2c3c(c1O)N=NC=3CCN=2. The molecule has 0 aliphatic carbocycles. The standard InChI is InChI=1S/C10H9N3O2/c1-15-7-4-6-8-5(2-3-11-6)12-13-9(8)10(7)14/h4,14H,2-3H2,1H3. The number of hydrogen-bond acceptors (Lipinski definition) is 5. The number of ether oxygens (including phenoxy) is 1. The fourth-order valence-electron chi connectivity index (χ4n) is 1.90. The lowest BCUT2D eigenvalue weighted by molar-refractivity contribution is 0.373.